The second kappa shape index (κ2) is 6.71. The monoisotopic (exact) mass is 267 g/mol. The Bertz CT molecular complexity index is 534. The Morgan fingerprint density at radius 3 is 1.85 bits per heavy atom. The highest BCUT2D eigenvalue weighted by molar-refractivity contribution is 5.29. The summed E-state index contributed by atoms with van der Waals surface area (Å²) < 4.78 is 0. The number of nitrogens with two attached hydrogens (primary N) is 1. The van der Waals surface area contributed by atoms with Crippen molar-refractivity contribution in [2.75, 3.05) is 0 Å². The highest BCUT2D eigenvalue weighted by Crippen LogP contribution is 2.13. The van der Waals surface area contributed by atoms with Crippen molar-refractivity contribution >= 4 is 0 Å². The first-order chi connectivity index (χ1) is 9.56. The first-order valence-corrected chi connectivity index (χ1v) is 7.47. The molecule has 0 radical (unpaired) electrons. The summed E-state index contributed by atoms with van der Waals surface area (Å²) >= 11 is 0. The van der Waals surface area contributed by atoms with Crippen molar-refractivity contribution in [3.8, 4) is 0 Å². The molecule has 20 heavy (non-hydrogen) atoms. The van der Waals surface area contributed by atoms with Crippen molar-refractivity contribution in [1.29, 1.82) is 0 Å². The molecule has 1 heteroatoms. The molecule has 1 unspecified atom stereocenters. The van der Waals surface area contributed by atoms with Crippen LogP contribution in [0.15, 0.2) is 42.5 Å². The van der Waals surface area contributed by atoms with Crippen LogP contribution in [0.3, 0.4) is 0 Å². The molecule has 0 saturated carbocycles. The maximum atomic E-state index is 6.31. The minimum atomic E-state index is 0.184. The van der Waals surface area contributed by atoms with Gasteiger partial charge >= 0.3 is 0 Å². The van der Waals surface area contributed by atoms with E-state index < -0.39 is 0 Å². The summed E-state index contributed by atoms with van der Waals surface area (Å²) in [6.45, 7) is 6.47. The fourth-order valence-electron chi connectivity index (χ4n) is 2.78. The predicted molar refractivity (Wildman–Crippen MR) is 87.1 cm³/mol. The Labute approximate surface area is 122 Å². The van der Waals surface area contributed by atoms with Crippen LogP contribution in [-0.2, 0) is 19.3 Å². The number of benzene rings is 2. The average molecular weight is 267 g/mol. The van der Waals surface area contributed by atoms with E-state index >= 15 is 0 Å². The topological polar surface area (TPSA) is 26.0 Å². The van der Waals surface area contributed by atoms with Gasteiger partial charge in [-0.15, -0.1) is 0 Å². The van der Waals surface area contributed by atoms with Crippen molar-refractivity contribution in [2.45, 2.75) is 46.1 Å². The molecular formula is C19H25N. The van der Waals surface area contributed by atoms with Gasteiger partial charge in [0.2, 0.25) is 0 Å². The first-order valence-electron chi connectivity index (χ1n) is 7.47. The zero-order valence-corrected chi connectivity index (χ0v) is 12.8. The molecule has 1 atom stereocenters. The summed E-state index contributed by atoms with van der Waals surface area (Å²) in [7, 11) is 0. The van der Waals surface area contributed by atoms with Crippen molar-refractivity contribution in [1.82, 2.24) is 0 Å². The van der Waals surface area contributed by atoms with E-state index in [1.54, 1.807) is 0 Å². The number of aryl methyl sites for hydroxylation is 3. The fourth-order valence-corrected chi connectivity index (χ4v) is 2.78. The lowest BCUT2D eigenvalue weighted by Crippen LogP contribution is -2.25. The molecule has 1 nitrogen and oxygen atoms in total. The molecule has 0 spiro atoms. The Morgan fingerprint density at radius 1 is 0.800 bits per heavy atom. The minimum absolute atomic E-state index is 0.184. The van der Waals surface area contributed by atoms with Gasteiger partial charge in [0.15, 0.2) is 0 Å². The van der Waals surface area contributed by atoms with E-state index in [4.69, 9.17) is 5.73 Å². The smallest absolute Gasteiger partial charge is 0.0120 e. The molecule has 2 aromatic rings. The van der Waals surface area contributed by atoms with Gasteiger partial charge in [0, 0.05) is 6.04 Å². The molecule has 2 rings (SSSR count). The molecule has 0 bridgehead atoms. The summed E-state index contributed by atoms with van der Waals surface area (Å²) in [4.78, 5) is 0. The molecule has 0 fully saturated rings. The first kappa shape index (κ1) is 14.8. The van der Waals surface area contributed by atoms with Crippen molar-refractivity contribution in [2.24, 2.45) is 5.73 Å². The van der Waals surface area contributed by atoms with E-state index in [0.29, 0.717) is 0 Å². The third kappa shape index (κ3) is 4.21. The molecule has 2 N–H and O–H groups in total. The molecule has 106 valence electrons. The van der Waals surface area contributed by atoms with E-state index in [-0.39, 0.29) is 6.04 Å². The van der Waals surface area contributed by atoms with Gasteiger partial charge in [-0.3, -0.25) is 0 Å². The van der Waals surface area contributed by atoms with E-state index in [0.717, 1.165) is 19.3 Å². The van der Waals surface area contributed by atoms with Crippen molar-refractivity contribution < 1.29 is 0 Å². The SMILES string of the molecule is CCc1ccc(CC(N)Cc2cc(C)cc(C)c2)cc1. The van der Waals surface area contributed by atoms with Crippen LogP contribution in [0.1, 0.15) is 34.7 Å². The van der Waals surface area contributed by atoms with Gasteiger partial charge in [0.05, 0.1) is 0 Å². The second-order valence-electron chi connectivity index (χ2n) is 5.83. The van der Waals surface area contributed by atoms with Crippen LogP contribution < -0.4 is 5.73 Å². The quantitative estimate of drug-likeness (QED) is 0.871. The van der Waals surface area contributed by atoms with E-state index in [1.165, 1.54) is 27.8 Å². The van der Waals surface area contributed by atoms with Crippen LogP contribution in [0.25, 0.3) is 0 Å². The Kier molecular flexibility index (Phi) is 4.97. The molecule has 0 aliphatic heterocycles. The molecule has 0 saturated heterocycles. The maximum absolute atomic E-state index is 6.31. The Hall–Kier alpha value is -1.60. The van der Waals surface area contributed by atoms with E-state index in [1.807, 2.05) is 0 Å². The van der Waals surface area contributed by atoms with Crippen LogP contribution >= 0.6 is 0 Å². The normalized spacial score (nSPS) is 12.4. The number of hydrogen-bond acceptors (Lipinski definition) is 1. The highest BCUT2D eigenvalue weighted by atomic mass is 14.6. The van der Waals surface area contributed by atoms with Crippen LogP contribution in [0, 0.1) is 13.8 Å². The highest BCUT2D eigenvalue weighted by Gasteiger charge is 2.06. The van der Waals surface area contributed by atoms with E-state index in [9.17, 15) is 0 Å². The molecule has 0 aliphatic rings. The number of rotatable bonds is 5. The molecule has 0 aromatic heterocycles. The molecule has 0 heterocycles. The number of hydrogen-bond donors (Lipinski definition) is 1. The fraction of sp³-hybridized carbons (Fsp3) is 0.368. The third-order valence-corrected chi connectivity index (χ3v) is 3.71. The van der Waals surface area contributed by atoms with Crippen LogP contribution in [0.4, 0.5) is 0 Å². The minimum Gasteiger partial charge on any atom is -0.327 e. The lowest BCUT2D eigenvalue weighted by Gasteiger charge is -2.13. The van der Waals surface area contributed by atoms with Gasteiger partial charge in [0.1, 0.15) is 0 Å². The standard InChI is InChI=1S/C19H25N/c1-4-16-5-7-17(8-6-16)12-19(20)13-18-10-14(2)9-15(3)11-18/h5-11,19H,4,12-13,20H2,1-3H3. The van der Waals surface area contributed by atoms with E-state index in [2.05, 4.69) is 63.2 Å². The average Bonchev–Trinajstić information content (AvgIpc) is 2.38. The molecule has 0 amide bonds. The van der Waals surface area contributed by atoms with Crippen LogP contribution in [0.2, 0.25) is 0 Å². The zero-order chi connectivity index (χ0) is 14.5. The van der Waals surface area contributed by atoms with Gasteiger partial charge in [-0.25, -0.2) is 0 Å². The summed E-state index contributed by atoms with van der Waals surface area (Å²) in [5.74, 6) is 0. The molecular weight excluding hydrogens is 242 g/mol. The van der Waals surface area contributed by atoms with Crippen LogP contribution in [-0.4, -0.2) is 6.04 Å². The van der Waals surface area contributed by atoms with Gasteiger partial charge < -0.3 is 5.73 Å². The summed E-state index contributed by atoms with van der Waals surface area (Å²) in [6.07, 6.45) is 2.98. The lowest BCUT2D eigenvalue weighted by atomic mass is 9.97. The molecule has 2 aromatic carbocycles. The predicted octanol–water partition coefficient (Wildman–Crippen LogP) is 3.98. The van der Waals surface area contributed by atoms with Gasteiger partial charge in [-0.1, -0.05) is 60.5 Å². The van der Waals surface area contributed by atoms with Crippen LogP contribution in [0.5, 0.6) is 0 Å². The maximum Gasteiger partial charge on any atom is 0.0120 e. The Balaban J connectivity index is 1.98. The second-order valence-corrected chi connectivity index (χ2v) is 5.83. The van der Waals surface area contributed by atoms with Gasteiger partial charge in [-0.2, -0.15) is 0 Å². The Morgan fingerprint density at radius 2 is 1.30 bits per heavy atom. The van der Waals surface area contributed by atoms with Crippen molar-refractivity contribution in [3.63, 3.8) is 0 Å². The summed E-state index contributed by atoms with van der Waals surface area (Å²) in [5, 5.41) is 0. The zero-order valence-electron chi connectivity index (χ0n) is 12.8. The lowest BCUT2D eigenvalue weighted by molar-refractivity contribution is 0.664. The summed E-state index contributed by atoms with van der Waals surface area (Å²) in [5.41, 5.74) is 13.0. The summed E-state index contributed by atoms with van der Waals surface area (Å²) in [6, 6.07) is 15.7. The van der Waals surface area contributed by atoms with Crippen molar-refractivity contribution in [3.05, 3.63) is 70.3 Å². The van der Waals surface area contributed by atoms with Gasteiger partial charge in [-0.05, 0) is 49.8 Å². The molecule has 0 aliphatic carbocycles. The van der Waals surface area contributed by atoms with Gasteiger partial charge in [0.25, 0.3) is 0 Å². The third-order valence-electron chi connectivity index (χ3n) is 3.71. The largest absolute Gasteiger partial charge is 0.327 e.